The van der Waals surface area contributed by atoms with Gasteiger partial charge in [0.2, 0.25) is 0 Å². The molecule has 0 rings (SSSR count). The Morgan fingerprint density at radius 1 is 1.40 bits per heavy atom. The van der Waals surface area contributed by atoms with Crippen molar-refractivity contribution in [2.45, 2.75) is 58.6 Å². The molecule has 0 radical (unpaired) electrons. The van der Waals surface area contributed by atoms with Gasteiger partial charge in [-0.1, -0.05) is 13.8 Å². The molecule has 2 unspecified atom stereocenters. The molecule has 2 nitrogen and oxygen atoms in total. The third-order valence-corrected chi connectivity index (χ3v) is 2.94. The third kappa shape index (κ3) is 4.68. The van der Waals surface area contributed by atoms with Gasteiger partial charge in [0.05, 0.1) is 5.60 Å². The summed E-state index contributed by atoms with van der Waals surface area (Å²) in [5.41, 5.74) is -0.0956. The summed E-state index contributed by atoms with van der Waals surface area (Å²) in [6, 6.07) is 0.350. The molecule has 0 fully saturated rings. The van der Waals surface area contributed by atoms with Crippen molar-refractivity contribution in [3.63, 3.8) is 0 Å². The number of ether oxygens (including phenoxy) is 1. The Balaban J connectivity index is 4.45. The smallest absolute Gasteiger partial charge is 0.0804 e. The Kier molecular flexibility index (Phi) is 7.46. The highest BCUT2D eigenvalue weighted by atomic mass is 16.5. The van der Waals surface area contributed by atoms with Crippen molar-refractivity contribution in [3.8, 4) is 12.3 Å². The molecule has 0 saturated heterocycles. The molecule has 1 N–H and O–H groups in total. The van der Waals surface area contributed by atoms with Crippen LogP contribution in [0.3, 0.4) is 0 Å². The molecule has 2 atom stereocenters. The predicted octanol–water partition coefficient (Wildman–Crippen LogP) is 2.58. The summed E-state index contributed by atoms with van der Waals surface area (Å²) < 4.78 is 5.86. The average molecular weight is 211 g/mol. The summed E-state index contributed by atoms with van der Waals surface area (Å²) in [6.45, 7) is 10.2. The maximum Gasteiger partial charge on any atom is 0.0804 e. The molecule has 0 aliphatic carbocycles. The van der Waals surface area contributed by atoms with E-state index in [0.717, 1.165) is 32.4 Å². The summed E-state index contributed by atoms with van der Waals surface area (Å²) in [6.07, 6.45) is 8.10. The lowest BCUT2D eigenvalue weighted by Gasteiger charge is -2.37. The van der Waals surface area contributed by atoms with Crippen LogP contribution >= 0.6 is 0 Å². The molecule has 0 bridgehead atoms. The Morgan fingerprint density at radius 2 is 2.07 bits per heavy atom. The molecular weight excluding hydrogens is 186 g/mol. The fourth-order valence-electron chi connectivity index (χ4n) is 1.88. The van der Waals surface area contributed by atoms with Gasteiger partial charge in [0.15, 0.2) is 0 Å². The van der Waals surface area contributed by atoms with Crippen molar-refractivity contribution in [2.75, 3.05) is 13.2 Å². The SMILES string of the molecule is C#CCCC(NCC)C(C)(CC)OCC. The van der Waals surface area contributed by atoms with Crippen molar-refractivity contribution < 1.29 is 4.74 Å². The van der Waals surface area contributed by atoms with Crippen LogP contribution < -0.4 is 5.32 Å². The van der Waals surface area contributed by atoms with Crippen LogP contribution in [0.5, 0.6) is 0 Å². The molecule has 0 spiro atoms. The van der Waals surface area contributed by atoms with E-state index in [9.17, 15) is 0 Å². The normalized spacial score (nSPS) is 16.7. The summed E-state index contributed by atoms with van der Waals surface area (Å²) in [4.78, 5) is 0. The van der Waals surface area contributed by atoms with E-state index in [2.05, 4.69) is 32.0 Å². The van der Waals surface area contributed by atoms with Crippen molar-refractivity contribution in [2.24, 2.45) is 0 Å². The van der Waals surface area contributed by atoms with Crippen molar-refractivity contribution >= 4 is 0 Å². The molecule has 2 heteroatoms. The van der Waals surface area contributed by atoms with Crippen LogP contribution in [0.25, 0.3) is 0 Å². The molecule has 0 amide bonds. The summed E-state index contributed by atoms with van der Waals surface area (Å²) in [5.74, 6) is 2.70. The van der Waals surface area contributed by atoms with Gasteiger partial charge in [0.25, 0.3) is 0 Å². The van der Waals surface area contributed by atoms with Gasteiger partial charge in [-0.05, 0) is 33.2 Å². The molecule has 0 aromatic rings. The quantitative estimate of drug-likeness (QED) is 0.623. The maximum absolute atomic E-state index is 5.86. The first kappa shape index (κ1) is 14.5. The molecule has 0 aliphatic heterocycles. The first-order chi connectivity index (χ1) is 7.14. The average Bonchev–Trinajstić information content (AvgIpc) is 2.24. The van der Waals surface area contributed by atoms with Crippen LogP contribution in [0.2, 0.25) is 0 Å². The number of hydrogen-bond donors (Lipinski definition) is 1. The summed E-state index contributed by atoms with van der Waals surface area (Å²) >= 11 is 0. The van der Waals surface area contributed by atoms with Gasteiger partial charge in [0.1, 0.15) is 0 Å². The number of terminal acetylenes is 1. The van der Waals surface area contributed by atoms with Crippen LogP contribution in [0.15, 0.2) is 0 Å². The number of likely N-dealkylation sites (N-methyl/N-ethyl adjacent to an activating group) is 1. The van der Waals surface area contributed by atoms with Gasteiger partial charge in [-0.2, -0.15) is 0 Å². The number of nitrogens with one attached hydrogen (secondary N) is 1. The Hall–Kier alpha value is -0.520. The van der Waals surface area contributed by atoms with E-state index in [4.69, 9.17) is 11.2 Å². The van der Waals surface area contributed by atoms with Crippen LogP contribution in [-0.2, 0) is 4.74 Å². The monoisotopic (exact) mass is 211 g/mol. The highest BCUT2D eigenvalue weighted by molar-refractivity contribution is 4.93. The minimum absolute atomic E-state index is 0.0956. The van der Waals surface area contributed by atoms with E-state index in [-0.39, 0.29) is 5.60 Å². The standard InChI is InChI=1S/C13H25NO/c1-6-10-11-12(14-8-3)13(5,7-2)15-9-4/h1,12,14H,7-11H2,2-5H3. The second kappa shape index (κ2) is 7.73. The second-order valence-electron chi connectivity index (χ2n) is 3.95. The molecule has 0 aliphatic rings. The number of hydrogen-bond acceptors (Lipinski definition) is 2. The van der Waals surface area contributed by atoms with Gasteiger partial charge >= 0.3 is 0 Å². The Morgan fingerprint density at radius 3 is 2.47 bits per heavy atom. The van der Waals surface area contributed by atoms with E-state index in [0.29, 0.717) is 6.04 Å². The summed E-state index contributed by atoms with van der Waals surface area (Å²) in [7, 11) is 0. The Bertz CT molecular complexity index is 197. The molecule has 15 heavy (non-hydrogen) atoms. The molecule has 88 valence electrons. The molecular formula is C13H25NO. The minimum Gasteiger partial charge on any atom is -0.374 e. The molecule has 0 saturated carbocycles. The van der Waals surface area contributed by atoms with E-state index in [1.807, 2.05) is 6.92 Å². The van der Waals surface area contributed by atoms with Crippen LogP contribution in [0.4, 0.5) is 0 Å². The topological polar surface area (TPSA) is 21.3 Å². The highest BCUT2D eigenvalue weighted by Gasteiger charge is 2.31. The van der Waals surface area contributed by atoms with Gasteiger partial charge in [0, 0.05) is 19.1 Å². The Labute approximate surface area is 94.8 Å². The first-order valence-electron chi connectivity index (χ1n) is 5.95. The van der Waals surface area contributed by atoms with Crippen LogP contribution in [0, 0.1) is 12.3 Å². The van der Waals surface area contributed by atoms with E-state index >= 15 is 0 Å². The zero-order valence-corrected chi connectivity index (χ0v) is 10.6. The first-order valence-corrected chi connectivity index (χ1v) is 5.95. The largest absolute Gasteiger partial charge is 0.374 e. The van der Waals surface area contributed by atoms with E-state index < -0.39 is 0 Å². The zero-order valence-electron chi connectivity index (χ0n) is 10.6. The highest BCUT2D eigenvalue weighted by Crippen LogP contribution is 2.23. The van der Waals surface area contributed by atoms with E-state index in [1.54, 1.807) is 0 Å². The van der Waals surface area contributed by atoms with Gasteiger partial charge < -0.3 is 10.1 Å². The summed E-state index contributed by atoms with van der Waals surface area (Å²) in [5, 5.41) is 3.47. The lowest BCUT2D eigenvalue weighted by atomic mass is 9.89. The third-order valence-electron chi connectivity index (χ3n) is 2.94. The fourth-order valence-corrected chi connectivity index (χ4v) is 1.88. The van der Waals surface area contributed by atoms with Gasteiger partial charge in [-0.25, -0.2) is 0 Å². The maximum atomic E-state index is 5.86. The predicted molar refractivity (Wildman–Crippen MR) is 65.9 cm³/mol. The molecule has 0 aromatic heterocycles. The van der Waals surface area contributed by atoms with Crippen molar-refractivity contribution in [1.29, 1.82) is 0 Å². The number of rotatable bonds is 8. The lowest BCUT2D eigenvalue weighted by molar-refractivity contribution is -0.0563. The second-order valence-corrected chi connectivity index (χ2v) is 3.95. The molecule has 0 aromatic carbocycles. The van der Waals surface area contributed by atoms with Crippen molar-refractivity contribution in [3.05, 3.63) is 0 Å². The fraction of sp³-hybridized carbons (Fsp3) is 0.846. The molecule has 0 heterocycles. The van der Waals surface area contributed by atoms with E-state index in [1.165, 1.54) is 0 Å². The van der Waals surface area contributed by atoms with Crippen LogP contribution in [-0.4, -0.2) is 24.8 Å². The lowest BCUT2D eigenvalue weighted by Crippen LogP contribution is -2.50. The zero-order chi connectivity index (χ0) is 11.7. The van der Waals surface area contributed by atoms with Crippen LogP contribution in [0.1, 0.15) is 47.0 Å². The van der Waals surface area contributed by atoms with Crippen molar-refractivity contribution in [1.82, 2.24) is 5.32 Å². The minimum atomic E-state index is -0.0956. The van der Waals surface area contributed by atoms with Gasteiger partial charge in [-0.3, -0.25) is 0 Å². The van der Waals surface area contributed by atoms with Gasteiger partial charge in [-0.15, -0.1) is 12.3 Å².